The minimum Gasteiger partial charge on any atom is -0.444 e. The summed E-state index contributed by atoms with van der Waals surface area (Å²) in [7, 11) is 0. The van der Waals surface area contributed by atoms with Gasteiger partial charge in [-0.15, -0.1) is 0 Å². The van der Waals surface area contributed by atoms with Crippen LogP contribution in [0.2, 0.25) is 0 Å². The molecule has 0 atom stereocenters. The molecule has 4 nitrogen and oxygen atoms in total. The van der Waals surface area contributed by atoms with Crippen LogP contribution >= 0.6 is 0 Å². The molecule has 1 aliphatic heterocycles. The molecule has 4 heteroatoms. The molecule has 1 N–H and O–H groups in total. The van der Waals surface area contributed by atoms with E-state index in [2.05, 4.69) is 43.4 Å². The van der Waals surface area contributed by atoms with Gasteiger partial charge in [-0.2, -0.15) is 0 Å². The van der Waals surface area contributed by atoms with Crippen molar-refractivity contribution in [1.29, 1.82) is 0 Å². The summed E-state index contributed by atoms with van der Waals surface area (Å²) in [6.45, 7) is 13.1. The monoisotopic (exact) mass is 330 g/mol. The highest BCUT2D eigenvalue weighted by atomic mass is 16.6. The predicted octanol–water partition coefficient (Wildman–Crippen LogP) is 3.96. The number of carbonyl (C=O) groups is 1. The van der Waals surface area contributed by atoms with Crippen molar-refractivity contribution in [3.63, 3.8) is 0 Å². The minimum absolute atomic E-state index is 0.221. The van der Waals surface area contributed by atoms with Gasteiger partial charge in [-0.25, -0.2) is 4.79 Å². The van der Waals surface area contributed by atoms with Crippen LogP contribution in [0, 0.1) is 13.8 Å². The van der Waals surface area contributed by atoms with E-state index in [4.69, 9.17) is 4.74 Å². The zero-order valence-corrected chi connectivity index (χ0v) is 15.6. The molecule has 24 heavy (non-hydrogen) atoms. The first-order valence-electron chi connectivity index (χ1n) is 8.68. The molecule has 2 rings (SSSR count). The van der Waals surface area contributed by atoms with Crippen LogP contribution in [-0.2, 0) is 11.3 Å². The quantitative estimate of drug-likeness (QED) is 0.850. The van der Waals surface area contributed by atoms with Crippen LogP contribution < -0.4 is 5.32 Å². The highest BCUT2D eigenvalue weighted by Gasteiger charge is 2.23. The van der Waals surface area contributed by atoms with Gasteiger partial charge >= 0.3 is 6.09 Å². The van der Waals surface area contributed by atoms with Crippen molar-refractivity contribution in [2.24, 2.45) is 0 Å². The maximum atomic E-state index is 12.0. The van der Waals surface area contributed by atoms with Crippen molar-refractivity contribution in [1.82, 2.24) is 10.2 Å². The topological polar surface area (TPSA) is 41.6 Å². The molecule has 132 valence electrons. The number of benzene rings is 1. The molecule has 1 aliphatic rings. The van der Waals surface area contributed by atoms with Gasteiger partial charge in [-0.3, -0.25) is 0 Å². The van der Waals surface area contributed by atoms with Crippen molar-refractivity contribution in [3.05, 3.63) is 46.5 Å². The first-order valence-corrected chi connectivity index (χ1v) is 8.68. The molecule has 1 aromatic rings. The Morgan fingerprint density at radius 2 is 2.00 bits per heavy atom. The highest BCUT2D eigenvalue weighted by Crippen LogP contribution is 2.16. The Morgan fingerprint density at radius 3 is 2.62 bits per heavy atom. The summed E-state index contributed by atoms with van der Waals surface area (Å²) in [4.78, 5) is 13.8. The summed E-state index contributed by atoms with van der Waals surface area (Å²) in [6.07, 6.45) is 2.82. The Balaban J connectivity index is 1.79. The summed E-state index contributed by atoms with van der Waals surface area (Å²) in [5.41, 5.74) is 4.97. The second-order valence-electron chi connectivity index (χ2n) is 7.50. The van der Waals surface area contributed by atoms with E-state index in [0.29, 0.717) is 6.54 Å². The van der Waals surface area contributed by atoms with Crippen LogP contribution in [-0.4, -0.2) is 36.2 Å². The number of rotatable bonds is 4. The third-order valence-electron chi connectivity index (χ3n) is 4.34. The first-order chi connectivity index (χ1) is 11.3. The van der Waals surface area contributed by atoms with Gasteiger partial charge in [-0.1, -0.05) is 29.8 Å². The van der Waals surface area contributed by atoms with Crippen molar-refractivity contribution in [2.45, 2.75) is 53.2 Å². The average Bonchev–Trinajstić information content (AvgIpc) is 2.50. The van der Waals surface area contributed by atoms with E-state index in [0.717, 1.165) is 26.1 Å². The van der Waals surface area contributed by atoms with E-state index in [1.807, 2.05) is 20.8 Å². The van der Waals surface area contributed by atoms with Crippen molar-refractivity contribution < 1.29 is 9.53 Å². The van der Waals surface area contributed by atoms with E-state index in [-0.39, 0.29) is 6.09 Å². The third-order valence-corrected chi connectivity index (χ3v) is 4.34. The van der Waals surface area contributed by atoms with Gasteiger partial charge in [0.25, 0.3) is 0 Å². The Morgan fingerprint density at radius 1 is 1.25 bits per heavy atom. The number of hydrogen-bond donors (Lipinski definition) is 1. The van der Waals surface area contributed by atoms with Gasteiger partial charge < -0.3 is 15.0 Å². The number of amides is 1. The van der Waals surface area contributed by atoms with Crippen LogP contribution in [0.5, 0.6) is 0 Å². The molecule has 0 bridgehead atoms. The van der Waals surface area contributed by atoms with Crippen molar-refractivity contribution >= 4 is 6.09 Å². The maximum absolute atomic E-state index is 12.0. The summed E-state index contributed by atoms with van der Waals surface area (Å²) in [5.74, 6) is 0. The number of nitrogens with zero attached hydrogens (tertiary/aromatic N) is 1. The number of ether oxygens (including phenoxy) is 1. The highest BCUT2D eigenvalue weighted by molar-refractivity contribution is 5.68. The Hall–Kier alpha value is -1.81. The summed E-state index contributed by atoms with van der Waals surface area (Å²) >= 11 is 0. The Bertz CT molecular complexity index is 615. The number of carbonyl (C=O) groups excluding carboxylic acids is 1. The summed E-state index contributed by atoms with van der Waals surface area (Å²) < 4.78 is 5.42. The predicted molar refractivity (Wildman–Crippen MR) is 98.1 cm³/mol. The normalized spacial score (nSPS) is 15.2. The van der Waals surface area contributed by atoms with Crippen LogP contribution in [0.15, 0.2) is 29.8 Å². The molecular formula is C20H30N2O2. The van der Waals surface area contributed by atoms with E-state index in [1.165, 1.54) is 22.3 Å². The first kappa shape index (κ1) is 18.5. The van der Waals surface area contributed by atoms with Gasteiger partial charge in [0, 0.05) is 26.2 Å². The second kappa shape index (κ2) is 7.84. The van der Waals surface area contributed by atoms with Gasteiger partial charge in [0.1, 0.15) is 5.60 Å². The lowest BCUT2D eigenvalue weighted by molar-refractivity contribution is 0.0265. The average molecular weight is 330 g/mol. The fraction of sp³-hybridized carbons (Fsp3) is 0.550. The number of nitrogens with one attached hydrogen (secondary N) is 1. The molecule has 1 amide bonds. The molecule has 0 saturated heterocycles. The van der Waals surface area contributed by atoms with E-state index >= 15 is 0 Å². The number of aryl methyl sites for hydroxylation is 1. The smallest absolute Gasteiger partial charge is 0.410 e. The SMILES string of the molecule is Cc1cccc(CNCC2=CCN(C(=O)OC(C)(C)C)CC2)c1C. The lowest BCUT2D eigenvalue weighted by Crippen LogP contribution is -2.39. The van der Waals surface area contributed by atoms with E-state index < -0.39 is 5.60 Å². The standard InChI is InChI=1S/C20H30N2O2/c1-15-7-6-8-18(16(15)2)14-21-13-17-9-11-22(12-10-17)19(23)24-20(3,4)5/h6-9,21H,10-14H2,1-5H3. The van der Waals surface area contributed by atoms with E-state index in [1.54, 1.807) is 4.90 Å². The summed E-state index contributed by atoms with van der Waals surface area (Å²) in [5, 5.41) is 3.52. The molecule has 0 aliphatic carbocycles. The zero-order chi connectivity index (χ0) is 17.7. The van der Waals surface area contributed by atoms with Crippen LogP contribution in [0.3, 0.4) is 0 Å². The van der Waals surface area contributed by atoms with Crippen LogP contribution in [0.4, 0.5) is 4.79 Å². The van der Waals surface area contributed by atoms with E-state index in [9.17, 15) is 4.79 Å². The minimum atomic E-state index is -0.436. The Labute approximate surface area is 145 Å². The molecule has 0 aromatic heterocycles. The molecule has 1 heterocycles. The second-order valence-corrected chi connectivity index (χ2v) is 7.50. The molecule has 0 spiro atoms. The van der Waals surface area contributed by atoms with Crippen molar-refractivity contribution in [3.8, 4) is 0 Å². The lowest BCUT2D eigenvalue weighted by Gasteiger charge is -2.29. The fourth-order valence-corrected chi connectivity index (χ4v) is 2.73. The molecule has 0 radical (unpaired) electrons. The largest absolute Gasteiger partial charge is 0.444 e. The molecule has 0 saturated carbocycles. The zero-order valence-electron chi connectivity index (χ0n) is 15.6. The summed E-state index contributed by atoms with van der Waals surface area (Å²) in [6, 6.07) is 6.43. The van der Waals surface area contributed by atoms with Crippen LogP contribution in [0.25, 0.3) is 0 Å². The van der Waals surface area contributed by atoms with Gasteiger partial charge in [0.05, 0.1) is 0 Å². The van der Waals surface area contributed by atoms with Gasteiger partial charge in [0.2, 0.25) is 0 Å². The fourth-order valence-electron chi connectivity index (χ4n) is 2.73. The number of hydrogen-bond acceptors (Lipinski definition) is 3. The third kappa shape index (κ3) is 5.38. The Kier molecular flexibility index (Phi) is 6.05. The molecule has 1 aromatic carbocycles. The molecule has 0 unspecified atom stereocenters. The molecule has 0 fully saturated rings. The lowest BCUT2D eigenvalue weighted by atomic mass is 10.0. The van der Waals surface area contributed by atoms with Gasteiger partial charge in [0.15, 0.2) is 0 Å². The molecular weight excluding hydrogens is 300 g/mol. The van der Waals surface area contributed by atoms with Crippen LogP contribution in [0.1, 0.15) is 43.9 Å². The maximum Gasteiger partial charge on any atom is 0.410 e. The van der Waals surface area contributed by atoms with Crippen molar-refractivity contribution in [2.75, 3.05) is 19.6 Å². The van der Waals surface area contributed by atoms with Gasteiger partial charge in [-0.05, 0) is 57.7 Å².